The summed E-state index contributed by atoms with van der Waals surface area (Å²) in [5.41, 5.74) is -0.0556. The molecular formula is C23H25BClF3N2O3. The molecule has 10 heteroatoms. The Morgan fingerprint density at radius 2 is 1.88 bits per heavy atom. The fourth-order valence-corrected chi connectivity index (χ4v) is 3.45. The fourth-order valence-electron chi connectivity index (χ4n) is 3.33. The average Bonchev–Trinajstić information content (AvgIpc) is 3.02. The molecule has 2 aromatic carbocycles. The van der Waals surface area contributed by atoms with Gasteiger partial charge in [0.1, 0.15) is 5.60 Å². The van der Waals surface area contributed by atoms with Crippen molar-refractivity contribution in [1.29, 1.82) is 0 Å². The lowest BCUT2D eigenvalue weighted by Crippen LogP contribution is -2.43. The van der Waals surface area contributed by atoms with Gasteiger partial charge in [-0.25, -0.2) is 4.79 Å². The van der Waals surface area contributed by atoms with Crippen LogP contribution in [-0.4, -0.2) is 30.2 Å². The van der Waals surface area contributed by atoms with Crippen LogP contribution in [0.25, 0.3) is 0 Å². The predicted octanol–water partition coefficient (Wildman–Crippen LogP) is 5.12. The Morgan fingerprint density at radius 1 is 1.21 bits per heavy atom. The van der Waals surface area contributed by atoms with Crippen LogP contribution in [-0.2, 0) is 28.6 Å². The van der Waals surface area contributed by atoms with E-state index < -0.39 is 30.5 Å². The zero-order valence-electron chi connectivity index (χ0n) is 18.6. The molecule has 1 aliphatic heterocycles. The third-order valence-electron chi connectivity index (χ3n) is 5.43. The molecule has 0 atom stereocenters. The molecule has 0 aromatic heterocycles. The first-order chi connectivity index (χ1) is 15.4. The molecule has 1 aliphatic rings. The summed E-state index contributed by atoms with van der Waals surface area (Å²) in [5, 5.41) is 3.37. The van der Waals surface area contributed by atoms with E-state index in [4.69, 9.17) is 20.9 Å². The highest BCUT2D eigenvalue weighted by Gasteiger charge is 2.44. The Kier molecular flexibility index (Phi) is 7.34. The number of alkyl halides is 3. The van der Waals surface area contributed by atoms with Crippen molar-refractivity contribution in [2.24, 2.45) is 0 Å². The van der Waals surface area contributed by atoms with Gasteiger partial charge in [0.15, 0.2) is 0 Å². The van der Waals surface area contributed by atoms with E-state index in [0.717, 1.165) is 17.7 Å². The molecule has 0 radical (unpaired) electrons. The van der Waals surface area contributed by atoms with E-state index in [1.165, 1.54) is 11.0 Å². The van der Waals surface area contributed by atoms with Crippen LogP contribution in [0.1, 0.15) is 37.5 Å². The quantitative estimate of drug-likeness (QED) is 0.584. The van der Waals surface area contributed by atoms with Crippen LogP contribution >= 0.6 is 11.6 Å². The van der Waals surface area contributed by atoms with Gasteiger partial charge >= 0.3 is 19.3 Å². The smallest absolute Gasteiger partial charge is 0.534 e. The van der Waals surface area contributed by atoms with Crippen LogP contribution in [0.4, 0.5) is 18.0 Å². The molecule has 1 saturated heterocycles. The van der Waals surface area contributed by atoms with Gasteiger partial charge in [-0.1, -0.05) is 42.4 Å². The topological polar surface area (TPSA) is 50.8 Å². The number of amides is 2. The molecule has 1 fully saturated rings. The molecule has 2 amide bonds. The SMILES string of the molecule is C=C1OB(c2ccc(C(F)(F)F)cc2CN(CC)C(=O)NCc2ccc(Cl)cc2)OC1(C)C. The molecule has 3 rings (SSSR count). The number of carbonyl (C=O) groups is 1. The number of hydrogen-bond donors (Lipinski definition) is 1. The lowest BCUT2D eigenvalue weighted by molar-refractivity contribution is -0.137. The van der Waals surface area contributed by atoms with Crippen molar-refractivity contribution in [3.63, 3.8) is 0 Å². The number of urea groups is 1. The van der Waals surface area contributed by atoms with Crippen LogP contribution in [0, 0.1) is 0 Å². The molecule has 176 valence electrons. The molecule has 0 aliphatic carbocycles. The summed E-state index contributed by atoms with van der Waals surface area (Å²) in [5.74, 6) is 0.381. The molecule has 0 unspecified atom stereocenters. The third-order valence-corrected chi connectivity index (χ3v) is 5.69. The maximum Gasteiger partial charge on any atom is 0.563 e. The maximum absolute atomic E-state index is 13.4. The minimum absolute atomic E-state index is 0.0572. The highest BCUT2D eigenvalue weighted by atomic mass is 35.5. The second kappa shape index (κ2) is 9.69. The number of rotatable bonds is 6. The fraction of sp³-hybridized carbons (Fsp3) is 0.348. The largest absolute Gasteiger partial charge is 0.563 e. The van der Waals surface area contributed by atoms with Gasteiger partial charge in [0.05, 0.1) is 11.3 Å². The molecule has 0 spiro atoms. The standard InChI is InChI=1S/C23H25BClF3N2O3/c1-5-30(21(31)29-13-16-6-9-19(25)10-7-16)14-17-12-18(23(26,27)28)8-11-20(17)24-32-15(2)22(3,4)33-24/h6-12H,2,5,13-14H2,1,3-4H3,(H,29,31). The first kappa shape index (κ1) is 25.0. The van der Waals surface area contributed by atoms with Crippen LogP contribution in [0.2, 0.25) is 5.02 Å². The number of halogens is 4. The summed E-state index contributed by atoms with van der Waals surface area (Å²) >= 11 is 5.88. The van der Waals surface area contributed by atoms with E-state index in [-0.39, 0.29) is 25.2 Å². The van der Waals surface area contributed by atoms with E-state index in [1.807, 2.05) is 0 Å². The number of nitrogens with zero attached hydrogens (tertiary/aromatic N) is 1. The minimum Gasteiger partial charge on any atom is -0.534 e. The monoisotopic (exact) mass is 480 g/mol. The van der Waals surface area contributed by atoms with E-state index in [2.05, 4.69) is 11.9 Å². The Labute approximate surface area is 196 Å². The average molecular weight is 481 g/mol. The van der Waals surface area contributed by atoms with Crippen molar-refractivity contribution < 1.29 is 27.3 Å². The van der Waals surface area contributed by atoms with E-state index in [1.54, 1.807) is 45.0 Å². The summed E-state index contributed by atoms with van der Waals surface area (Å²) in [4.78, 5) is 14.2. The molecular weight excluding hydrogens is 456 g/mol. The van der Waals surface area contributed by atoms with Gasteiger partial charge in [0, 0.05) is 30.1 Å². The van der Waals surface area contributed by atoms with Gasteiger partial charge in [-0.2, -0.15) is 13.2 Å². The molecule has 2 aromatic rings. The van der Waals surface area contributed by atoms with Crippen LogP contribution < -0.4 is 10.8 Å². The molecule has 1 N–H and O–H groups in total. The normalized spacial score (nSPS) is 15.4. The second-order valence-corrected chi connectivity index (χ2v) is 8.65. The van der Waals surface area contributed by atoms with Gasteiger partial charge in [-0.05, 0) is 50.1 Å². The highest BCUT2D eigenvalue weighted by molar-refractivity contribution is 6.62. The maximum atomic E-state index is 13.4. The van der Waals surface area contributed by atoms with Gasteiger partial charge in [0.25, 0.3) is 0 Å². The highest BCUT2D eigenvalue weighted by Crippen LogP contribution is 2.32. The van der Waals surface area contributed by atoms with E-state index in [9.17, 15) is 18.0 Å². The molecule has 1 heterocycles. The second-order valence-electron chi connectivity index (χ2n) is 8.21. The first-order valence-corrected chi connectivity index (χ1v) is 10.8. The van der Waals surface area contributed by atoms with Gasteiger partial charge in [0.2, 0.25) is 0 Å². The number of nitrogens with one attached hydrogen (secondary N) is 1. The van der Waals surface area contributed by atoms with Gasteiger partial charge < -0.3 is 19.5 Å². The van der Waals surface area contributed by atoms with Crippen LogP contribution in [0.15, 0.2) is 54.8 Å². The van der Waals surface area contributed by atoms with Crippen molar-refractivity contribution >= 4 is 30.2 Å². The Bertz CT molecular complexity index is 1030. The first-order valence-electron chi connectivity index (χ1n) is 10.4. The Hall–Kier alpha value is -2.65. The summed E-state index contributed by atoms with van der Waals surface area (Å²) in [6.07, 6.45) is -4.53. The molecule has 0 saturated carbocycles. The minimum atomic E-state index is -4.53. The van der Waals surface area contributed by atoms with Crippen molar-refractivity contribution in [3.8, 4) is 0 Å². The molecule has 5 nitrogen and oxygen atoms in total. The van der Waals surface area contributed by atoms with Gasteiger partial charge in [-0.3, -0.25) is 0 Å². The summed E-state index contributed by atoms with van der Waals surface area (Å²) in [7, 11) is -0.916. The van der Waals surface area contributed by atoms with Crippen molar-refractivity contribution in [3.05, 3.63) is 76.5 Å². The van der Waals surface area contributed by atoms with Crippen molar-refractivity contribution in [1.82, 2.24) is 10.2 Å². The van der Waals surface area contributed by atoms with Gasteiger partial charge in [-0.15, -0.1) is 0 Å². The summed E-state index contributed by atoms with van der Waals surface area (Å²) in [6.45, 7) is 9.59. The molecule has 0 bridgehead atoms. The summed E-state index contributed by atoms with van der Waals surface area (Å²) in [6, 6.07) is 9.94. The third kappa shape index (κ3) is 6.03. The van der Waals surface area contributed by atoms with E-state index >= 15 is 0 Å². The van der Waals surface area contributed by atoms with Crippen LogP contribution in [0.3, 0.4) is 0 Å². The lowest BCUT2D eigenvalue weighted by atomic mass is 9.75. The Balaban J connectivity index is 1.83. The molecule has 33 heavy (non-hydrogen) atoms. The Morgan fingerprint density at radius 3 is 2.42 bits per heavy atom. The van der Waals surface area contributed by atoms with Crippen molar-refractivity contribution in [2.45, 2.75) is 45.6 Å². The number of benzene rings is 2. The zero-order chi connectivity index (χ0) is 24.4. The number of hydrogen-bond acceptors (Lipinski definition) is 3. The predicted molar refractivity (Wildman–Crippen MR) is 122 cm³/mol. The number of carbonyl (C=O) groups excluding carboxylic acids is 1. The van der Waals surface area contributed by atoms with E-state index in [0.29, 0.717) is 16.2 Å². The summed E-state index contributed by atoms with van der Waals surface area (Å²) < 4.78 is 51.8. The lowest BCUT2D eigenvalue weighted by Gasteiger charge is -2.24. The van der Waals surface area contributed by atoms with Crippen LogP contribution in [0.5, 0.6) is 0 Å². The van der Waals surface area contributed by atoms with Crippen molar-refractivity contribution in [2.75, 3.05) is 6.54 Å². The zero-order valence-corrected chi connectivity index (χ0v) is 19.4.